The van der Waals surface area contributed by atoms with Crippen LogP contribution in [-0.4, -0.2) is 32.3 Å². The third-order valence-electron chi connectivity index (χ3n) is 3.08. The van der Waals surface area contributed by atoms with Gasteiger partial charge in [-0.1, -0.05) is 15.9 Å². The Bertz CT molecular complexity index is 694. The molecule has 1 N–H and O–H groups in total. The van der Waals surface area contributed by atoms with Crippen molar-refractivity contribution in [3.8, 4) is 17.2 Å². The Morgan fingerprint density at radius 1 is 1.08 bits per heavy atom. The molecule has 7 heteroatoms. The smallest absolute Gasteiger partial charge is 0.258 e. The molecule has 0 atom stereocenters. The quantitative estimate of drug-likeness (QED) is 0.640. The van der Waals surface area contributed by atoms with Crippen molar-refractivity contribution in [2.45, 2.75) is 6.92 Å². The van der Waals surface area contributed by atoms with Crippen LogP contribution in [0.2, 0.25) is 0 Å². The summed E-state index contributed by atoms with van der Waals surface area (Å²) in [6.07, 6.45) is 0. The lowest BCUT2D eigenvalue weighted by molar-refractivity contribution is -0.123. The van der Waals surface area contributed by atoms with E-state index in [9.17, 15) is 9.18 Å². The molecule has 134 valence electrons. The fourth-order valence-corrected chi connectivity index (χ4v) is 2.28. The molecule has 0 spiro atoms. The van der Waals surface area contributed by atoms with Gasteiger partial charge < -0.3 is 19.5 Å². The van der Waals surface area contributed by atoms with E-state index in [4.69, 9.17) is 14.2 Å². The molecular weight excluding hydrogens is 393 g/mol. The molecule has 0 saturated heterocycles. The summed E-state index contributed by atoms with van der Waals surface area (Å²) in [6.45, 7) is 2.90. The molecule has 0 heterocycles. The number of ether oxygens (including phenoxy) is 3. The van der Waals surface area contributed by atoms with E-state index in [2.05, 4.69) is 21.2 Å². The van der Waals surface area contributed by atoms with Crippen LogP contribution >= 0.6 is 15.9 Å². The van der Waals surface area contributed by atoms with E-state index in [0.717, 1.165) is 5.75 Å². The highest BCUT2D eigenvalue weighted by molar-refractivity contribution is 9.10. The lowest BCUT2D eigenvalue weighted by Gasteiger charge is -2.10. The summed E-state index contributed by atoms with van der Waals surface area (Å²) in [5.74, 6) is 0.619. The van der Waals surface area contributed by atoms with Crippen molar-refractivity contribution >= 4 is 21.8 Å². The third kappa shape index (κ3) is 6.62. The Kier molecular flexibility index (Phi) is 7.53. The largest absolute Gasteiger partial charge is 0.494 e. The van der Waals surface area contributed by atoms with E-state index in [-0.39, 0.29) is 18.3 Å². The topological polar surface area (TPSA) is 56.8 Å². The van der Waals surface area contributed by atoms with Crippen LogP contribution in [0.3, 0.4) is 0 Å². The summed E-state index contributed by atoms with van der Waals surface area (Å²) in [5, 5.41) is 2.64. The van der Waals surface area contributed by atoms with Crippen LogP contribution in [0.4, 0.5) is 4.39 Å². The standard InChI is InChI=1S/C18H19BrFNO4/c1-2-23-14-4-6-15(7-5-14)24-10-9-21-18(22)12-25-17-8-3-13(19)11-16(17)20/h3-8,11H,2,9-10,12H2,1H3,(H,21,22). The molecule has 0 saturated carbocycles. The van der Waals surface area contributed by atoms with Crippen LogP contribution in [0, 0.1) is 5.82 Å². The van der Waals surface area contributed by atoms with Gasteiger partial charge in [0.15, 0.2) is 18.2 Å². The predicted molar refractivity (Wildman–Crippen MR) is 95.7 cm³/mol. The first-order chi connectivity index (χ1) is 12.1. The van der Waals surface area contributed by atoms with Crippen LogP contribution < -0.4 is 19.5 Å². The zero-order valence-corrected chi connectivity index (χ0v) is 15.3. The number of hydrogen-bond acceptors (Lipinski definition) is 4. The van der Waals surface area contributed by atoms with E-state index in [1.165, 1.54) is 12.1 Å². The predicted octanol–water partition coefficient (Wildman–Crippen LogP) is 3.56. The van der Waals surface area contributed by atoms with Crippen LogP contribution in [0.1, 0.15) is 6.92 Å². The van der Waals surface area contributed by atoms with Gasteiger partial charge in [-0.15, -0.1) is 0 Å². The van der Waals surface area contributed by atoms with Crippen molar-refractivity contribution in [3.05, 3.63) is 52.8 Å². The van der Waals surface area contributed by atoms with Crippen molar-refractivity contribution < 1.29 is 23.4 Å². The minimum absolute atomic E-state index is 0.0315. The molecule has 0 aliphatic carbocycles. The van der Waals surface area contributed by atoms with Crippen molar-refractivity contribution in [2.24, 2.45) is 0 Å². The van der Waals surface area contributed by atoms with E-state index in [1.807, 2.05) is 19.1 Å². The molecule has 2 aromatic rings. The Labute approximate surface area is 154 Å². The van der Waals surface area contributed by atoms with Gasteiger partial charge in [-0.25, -0.2) is 4.39 Å². The first-order valence-electron chi connectivity index (χ1n) is 7.78. The van der Waals surface area contributed by atoms with Crippen molar-refractivity contribution in [1.29, 1.82) is 0 Å². The normalized spacial score (nSPS) is 10.2. The monoisotopic (exact) mass is 411 g/mol. The van der Waals surface area contributed by atoms with Gasteiger partial charge in [0, 0.05) is 4.47 Å². The van der Waals surface area contributed by atoms with Gasteiger partial charge >= 0.3 is 0 Å². The molecule has 2 aromatic carbocycles. The van der Waals surface area contributed by atoms with Gasteiger partial charge in [0.2, 0.25) is 0 Å². The molecule has 0 unspecified atom stereocenters. The zero-order chi connectivity index (χ0) is 18.1. The second-order valence-electron chi connectivity index (χ2n) is 4.97. The minimum atomic E-state index is -0.527. The molecule has 25 heavy (non-hydrogen) atoms. The van der Waals surface area contributed by atoms with Crippen molar-refractivity contribution in [3.63, 3.8) is 0 Å². The summed E-state index contributed by atoms with van der Waals surface area (Å²) in [5.41, 5.74) is 0. The first-order valence-corrected chi connectivity index (χ1v) is 8.58. The second kappa shape index (κ2) is 9.88. The molecule has 0 fully saturated rings. The molecule has 0 bridgehead atoms. The molecule has 1 amide bonds. The van der Waals surface area contributed by atoms with E-state index < -0.39 is 5.82 Å². The van der Waals surface area contributed by atoms with Gasteiger partial charge in [-0.3, -0.25) is 4.79 Å². The summed E-state index contributed by atoms with van der Waals surface area (Å²) < 4.78 is 30.2. The SMILES string of the molecule is CCOc1ccc(OCCNC(=O)COc2ccc(Br)cc2F)cc1. The lowest BCUT2D eigenvalue weighted by atomic mass is 10.3. The van der Waals surface area contributed by atoms with Crippen LogP contribution in [0.5, 0.6) is 17.2 Å². The molecule has 0 radical (unpaired) electrons. The van der Waals surface area contributed by atoms with Crippen molar-refractivity contribution in [2.75, 3.05) is 26.4 Å². The summed E-state index contributed by atoms with van der Waals surface area (Å²) in [6, 6.07) is 11.6. The molecule has 0 aliphatic heterocycles. The highest BCUT2D eigenvalue weighted by atomic mass is 79.9. The minimum Gasteiger partial charge on any atom is -0.494 e. The van der Waals surface area contributed by atoms with Gasteiger partial charge in [0.05, 0.1) is 13.2 Å². The van der Waals surface area contributed by atoms with Crippen LogP contribution in [0.15, 0.2) is 46.9 Å². The Hall–Kier alpha value is -2.28. The number of halogens is 2. The number of carbonyl (C=O) groups excluding carboxylic acids is 1. The Balaban J connectivity index is 1.65. The van der Waals surface area contributed by atoms with E-state index in [1.54, 1.807) is 18.2 Å². The van der Waals surface area contributed by atoms with Gasteiger partial charge in [0.1, 0.15) is 18.1 Å². The molecule has 0 aliphatic rings. The third-order valence-corrected chi connectivity index (χ3v) is 3.57. The fourth-order valence-electron chi connectivity index (χ4n) is 1.94. The molecule has 2 rings (SSSR count). The van der Waals surface area contributed by atoms with Crippen LogP contribution in [-0.2, 0) is 4.79 Å². The maximum absolute atomic E-state index is 13.6. The summed E-state index contributed by atoms with van der Waals surface area (Å²) in [7, 11) is 0. The number of nitrogens with one attached hydrogen (secondary N) is 1. The maximum atomic E-state index is 13.6. The average molecular weight is 412 g/mol. The van der Waals surface area contributed by atoms with Gasteiger partial charge in [-0.05, 0) is 49.4 Å². The average Bonchev–Trinajstić information content (AvgIpc) is 2.59. The number of carbonyl (C=O) groups is 1. The number of amides is 1. The molecule has 0 aromatic heterocycles. The van der Waals surface area contributed by atoms with E-state index in [0.29, 0.717) is 30.0 Å². The Morgan fingerprint density at radius 3 is 2.40 bits per heavy atom. The fraction of sp³-hybridized carbons (Fsp3) is 0.278. The number of hydrogen-bond donors (Lipinski definition) is 1. The van der Waals surface area contributed by atoms with Gasteiger partial charge in [0.25, 0.3) is 5.91 Å². The first kappa shape index (κ1) is 19.1. The number of rotatable bonds is 9. The highest BCUT2D eigenvalue weighted by Gasteiger charge is 2.07. The van der Waals surface area contributed by atoms with Gasteiger partial charge in [-0.2, -0.15) is 0 Å². The highest BCUT2D eigenvalue weighted by Crippen LogP contribution is 2.21. The van der Waals surface area contributed by atoms with Crippen LogP contribution in [0.25, 0.3) is 0 Å². The lowest BCUT2D eigenvalue weighted by Crippen LogP contribution is -2.32. The molecule has 5 nitrogen and oxygen atoms in total. The van der Waals surface area contributed by atoms with Crippen molar-refractivity contribution in [1.82, 2.24) is 5.32 Å². The maximum Gasteiger partial charge on any atom is 0.258 e. The number of benzene rings is 2. The summed E-state index contributed by atoms with van der Waals surface area (Å²) in [4.78, 5) is 11.7. The second-order valence-corrected chi connectivity index (χ2v) is 5.88. The van der Waals surface area contributed by atoms with E-state index >= 15 is 0 Å². The summed E-state index contributed by atoms with van der Waals surface area (Å²) >= 11 is 3.15. The molecular formula is C18H19BrFNO4. The zero-order valence-electron chi connectivity index (χ0n) is 13.8. The Morgan fingerprint density at radius 2 is 1.76 bits per heavy atom.